The quantitative estimate of drug-likeness (QED) is 0.862. The molecule has 1 aliphatic rings. The van der Waals surface area contributed by atoms with Crippen molar-refractivity contribution < 1.29 is 9.59 Å². The van der Waals surface area contributed by atoms with Crippen molar-refractivity contribution in [3.05, 3.63) is 52.2 Å². The van der Waals surface area contributed by atoms with Gasteiger partial charge in [-0.2, -0.15) is 0 Å². The molecule has 1 atom stereocenters. The predicted molar refractivity (Wildman–Crippen MR) is 107 cm³/mol. The van der Waals surface area contributed by atoms with Crippen molar-refractivity contribution in [3.63, 3.8) is 0 Å². The third kappa shape index (κ3) is 4.15. The maximum atomic E-state index is 12.9. The van der Waals surface area contributed by atoms with Crippen LogP contribution in [0.5, 0.6) is 0 Å². The van der Waals surface area contributed by atoms with E-state index in [1.165, 1.54) is 11.3 Å². The molecule has 1 N–H and O–H groups in total. The molecule has 1 aliphatic heterocycles. The molecule has 138 valence electrons. The summed E-state index contributed by atoms with van der Waals surface area (Å²) in [4.78, 5) is 28.0. The second kappa shape index (κ2) is 7.62. The molecule has 0 unspecified atom stereocenters. The van der Waals surface area contributed by atoms with E-state index in [4.69, 9.17) is 0 Å². The largest absolute Gasteiger partial charge is 0.337 e. The maximum Gasteiger partial charge on any atom is 0.263 e. The fraction of sp³-hybridized carbons (Fsp3) is 0.429. The number of anilines is 1. The number of likely N-dealkylation sites (tertiary alicyclic amines) is 1. The zero-order valence-electron chi connectivity index (χ0n) is 15.6. The summed E-state index contributed by atoms with van der Waals surface area (Å²) in [5.41, 5.74) is 1.94. The smallest absolute Gasteiger partial charge is 0.263 e. The lowest BCUT2D eigenvalue weighted by molar-refractivity contribution is -0.121. The van der Waals surface area contributed by atoms with Crippen LogP contribution < -0.4 is 5.32 Å². The van der Waals surface area contributed by atoms with E-state index in [0.717, 1.165) is 35.5 Å². The van der Waals surface area contributed by atoms with Gasteiger partial charge in [-0.25, -0.2) is 0 Å². The van der Waals surface area contributed by atoms with Gasteiger partial charge in [-0.15, -0.1) is 11.3 Å². The topological polar surface area (TPSA) is 49.4 Å². The fourth-order valence-corrected chi connectivity index (χ4v) is 4.10. The summed E-state index contributed by atoms with van der Waals surface area (Å²) in [5, 5.41) is 5.01. The number of amides is 2. The van der Waals surface area contributed by atoms with Crippen LogP contribution in [0.1, 0.15) is 48.8 Å². The second-order valence-corrected chi connectivity index (χ2v) is 8.80. The minimum atomic E-state index is -0.166. The van der Waals surface area contributed by atoms with E-state index >= 15 is 0 Å². The van der Waals surface area contributed by atoms with Crippen molar-refractivity contribution in [1.82, 2.24) is 4.90 Å². The van der Waals surface area contributed by atoms with E-state index in [2.05, 4.69) is 32.2 Å². The predicted octanol–water partition coefficient (Wildman–Crippen LogP) is 4.54. The van der Waals surface area contributed by atoms with E-state index in [0.29, 0.717) is 6.54 Å². The van der Waals surface area contributed by atoms with Crippen LogP contribution in [0.3, 0.4) is 0 Å². The molecule has 0 aliphatic carbocycles. The molecule has 1 fully saturated rings. The van der Waals surface area contributed by atoms with E-state index in [1.54, 1.807) is 0 Å². The summed E-state index contributed by atoms with van der Waals surface area (Å²) in [6, 6.07) is 11.7. The summed E-state index contributed by atoms with van der Waals surface area (Å²) in [6.45, 7) is 7.62. The zero-order chi connectivity index (χ0) is 18.7. The molecule has 3 rings (SSSR count). The normalized spacial score (nSPS) is 17.8. The number of rotatable bonds is 3. The third-order valence-electron chi connectivity index (χ3n) is 4.80. The summed E-state index contributed by atoms with van der Waals surface area (Å²) in [7, 11) is 0. The van der Waals surface area contributed by atoms with Crippen molar-refractivity contribution in [2.45, 2.75) is 39.0 Å². The Kier molecular flexibility index (Phi) is 5.47. The number of para-hydroxylation sites is 1. The highest BCUT2D eigenvalue weighted by Gasteiger charge is 2.30. The number of benzene rings is 1. The van der Waals surface area contributed by atoms with Crippen LogP contribution in [0.4, 0.5) is 5.69 Å². The molecular weight excluding hydrogens is 344 g/mol. The Morgan fingerprint density at radius 1 is 1.15 bits per heavy atom. The van der Waals surface area contributed by atoms with Crippen molar-refractivity contribution >= 4 is 28.8 Å². The number of hydrogen-bond acceptors (Lipinski definition) is 3. The standard InChI is InChI=1S/C21H26N2O2S/c1-21(2,3)16-9-4-5-10-17(16)22-19(24)15-8-6-12-23(14-15)20(25)18-11-7-13-26-18/h4-5,7,9-11,13,15H,6,8,12,14H2,1-3H3,(H,22,24)/t15-/m0/s1. The molecule has 26 heavy (non-hydrogen) atoms. The Morgan fingerprint density at radius 3 is 2.62 bits per heavy atom. The lowest BCUT2D eigenvalue weighted by atomic mass is 9.85. The molecule has 2 amide bonds. The number of carbonyl (C=O) groups excluding carboxylic acids is 2. The number of piperidine rings is 1. The Labute approximate surface area is 159 Å². The second-order valence-electron chi connectivity index (χ2n) is 7.85. The van der Waals surface area contributed by atoms with Gasteiger partial charge < -0.3 is 10.2 Å². The van der Waals surface area contributed by atoms with Gasteiger partial charge in [-0.1, -0.05) is 45.0 Å². The molecular formula is C21H26N2O2S. The van der Waals surface area contributed by atoms with E-state index in [-0.39, 0.29) is 23.1 Å². The Bertz CT molecular complexity index is 778. The molecule has 2 aromatic rings. The number of hydrogen-bond donors (Lipinski definition) is 1. The van der Waals surface area contributed by atoms with Gasteiger partial charge in [0.25, 0.3) is 5.91 Å². The highest BCUT2D eigenvalue weighted by Crippen LogP contribution is 2.30. The number of nitrogens with one attached hydrogen (secondary N) is 1. The molecule has 0 radical (unpaired) electrons. The number of thiophene rings is 1. The summed E-state index contributed by atoms with van der Waals surface area (Å²) < 4.78 is 0. The van der Waals surface area contributed by atoms with Gasteiger partial charge in [0, 0.05) is 18.8 Å². The number of carbonyl (C=O) groups is 2. The van der Waals surface area contributed by atoms with Crippen LogP contribution in [-0.4, -0.2) is 29.8 Å². The Morgan fingerprint density at radius 2 is 1.92 bits per heavy atom. The molecule has 0 saturated carbocycles. The van der Waals surface area contributed by atoms with Crippen LogP contribution >= 0.6 is 11.3 Å². The molecule has 2 heterocycles. The lowest BCUT2D eigenvalue weighted by Gasteiger charge is -2.32. The van der Waals surface area contributed by atoms with Crippen molar-refractivity contribution in [1.29, 1.82) is 0 Å². The zero-order valence-corrected chi connectivity index (χ0v) is 16.4. The van der Waals surface area contributed by atoms with Crippen LogP contribution in [0, 0.1) is 5.92 Å². The number of nitrogens with zero attached hydrogens (tertiary/aromatic N) is 1. The van der Waals surface area contributed by atoms with Crippen LogP contribution in [0.15, 0.2) is 41.8 Å². The lowest BCUT2D eigenvalue weighted by Crippen LogP contribution is -2.43. The van der Waals surface area contributed by atoms with Crippen LogP contribution in [0.25, 0.3) is 0 Å². The molecule has 1 aromatic heterocycles. The summed E-state index contributed by atoms with van der Waals surface area (Å²) >= 11 is 1.45. The van der Waals surface area contributed by atoms with Gasteiger partial charge in [0.2, 0.25) is 5.91 Å². The maximum absolute atomic E-state index is 12.9. The first-order valence-corrected chi connectivity index (χ1v) is 9.97. The molecule has 5 heteroatoms. The monoisotopic (exact) mass is 370 g/mol. The first-order chi connectivity index (χ1) is 12.4. The van der Waals surface area contributed by atoms with Gasteiger partial charge >= 0.3 is 0 Å². The molecule has 4 nitrogen and oxygen atoms in total. The van der Waals surface area contributed by atoms with Crippen LogP contribution in [-0.2, 0) is 10.2 Å². The van der Waals surface area contributed by atoms with Gasteiger partial charge in [-0.05, 0) is 41.3 Å². The van der Waals surface area contributed by atoms with Gasteiger partial charge in [0.05, 0.1) is 10.8 Å². The van der Waals surface area contributed by atoms with E-state index in [9.17, 15) is 9.59 Å². The fourth-order valence-electron chi connectivity index (χ4n) is 3.41. The molecule has 1 saturated heterocycles. The highest BCUT2D eigenvalue weighted by atomic mass is 32.1. The van der Waals surface area contributed by atoms with Crippen molar-refractivity contribution in [2.75, 3.05) is 18.4 Å². The van der Waals surface area contributed by atoms with Crippen LogP contribution in [0.2, 0.25) is 0 Å². The third-order valence-corrected chi connectivity index (χ3v) is 5.66. The average molecular weight is 371 g/mol. The summed E-state index contributed by atoms with van der Waals surface area (Å²) in [6.07, 6.45) is 1.67. The van der Waals surface area contributed by atoms with E-state index < -0.39 is 0 Å². The summed E-state index contributed by atoms with van der Waals surface area (Å²) in [5.74, 6) is -0.126. The van der Waals surface area contributed by atoms with E-state index in [1.807, 2.05) is 40.6 Å². The molecule has 0 spiro atoms. The van der Waals surface area contributed by atoms with Gasteiger partial charge in [0.1, 0.15) is 0 Å². The first-order valence-electron chi connectivity index (χ1n) is 9.09. The minimum absolute atomic E-state index is 0.00498. The van der Waals surface area contributed by atoms with Gasteiger partial charge in [0.15, 0.2) is 0 Å². The van der Waals surface area contributed by atoms with Gasteiger partial charge in [-0.3, -0.25) is 9.59 Å². The minimum Gasteiger partial charge on any atom is -0.337 e. The SMILES string of the molecule is CC(C)(C)c1ccccc1NC(=O)[C@H]1CCCN(C(=O)c2cccs2)C1. The molecule has 1 aromatic carbocycles. The Hall–Kier alpha value is -2.14. The average Bonchev–Trinajstić information content (AvgIpc) is 3.15. The van der Waals surface area contributed by atoms with Crippen molar-refractivity contribution in [3.8, 4) is 0 Å². The first kappa shape index (κ1) is 18.6. The highest BCUT2D eigenvalue weighted by molar-refractivity contribution is 7.12. The Balaban J connectivity index is 1.70. The van der Waals surface area contributed by atoms with Crippen molar-refractivity contribution in [2.24, 2.45) is 5.92 Å². The molecule has 0 bridgehead atoms.